The molecule has 3 heterocycles. The zero-order valence-electron chi connectivity index (χ0n) is 23.9. The molecule has 0 radical (unpaired) electrons. The molecule has 0 unspecified atom stereocenters. The van der Waals surface area contributed by atoms with Crippen LogP contribution < -0.4 is 32.5 Å². The van der Waals surface area contributed by atoms with Gasteiger partial charge in [-0.25, -0.2) is 14.4 Å². The first-order valence-electron chi connectivity index (χ1n) is 14.2. The fraction of sp³-hybridized carbons (Fsp3) is 0.167. The molecule has 6 aromatic rings. The van der Waals surface area contributed by atoms with Gasteiger partial charge in [-0.05, 0) is 52.4 Å². The number of aromatic amines is 1. The molecule has 3 aromatic carbocycles. The smallest absolute Gasteiger partial charge is 0.270 e. The second kappa shape index (κ2) is 11.2. The lowest BCUT2D eigenvalue weighted by atomic mass is 10.0. The second-order valence-electron chi connectivity index (χ2n) is 10.8. The first-order valence-corrected chi connectivity index (χ1v) is 14.2. The van der Waals surface area contributed by atoms with Crippen molar-refractivity contribution in [2.24, 2.45) is 0 Å². The Morgan fingerprint density at radius 3 is 2.65 bits per heavy atom. The number of carbonyl (C=O) groups excluding carboxylic acids is 2. The number of hydrogen-bond acceptors (Lipinski definition) is 12. The van der Waals surface area contributed by atoms with E-state index in [-0.39, 0.29) is 53.6 Å². The van der Waals surface area contributed by atoms with Gasteiger partial charge in [0.05, 0.1) is 12.2 Å². The maximum atomic E-state index is 13.6. The molecule has 0 spiro atoms. The number of fused-ring (bicyclic) bond motifs is 2. The Labute approximate surface area is 258 Å². The Hall–Kier alpha value is -6.45. The highest BCUT2D eigenvalue weighted by atomic mass is 16.3. The van der Waals surface area contributed by atoms with E-state index < -0.39 is 22.7 Å². The maximum absolute atomic E-state index is 13.6. The van der Waals surface area contributed by atoms with Crippen molar-refractivity contribution in [2.75, 3.05) is 11.1 Å². The van der Waals surface area contributed by atoms with E-state index in [1.54, 1.807) is 6.07 Å². The highest BCUT2D eigenvalue weighted by Gasteiger charge is 2.27. The van der Waals surface area contributed by atoms with Crippen molar-refractivity contribution < 1.29 is 14.7 Å². The molecule has 0 saturated heterocycles. The lowest BCUT2D eigenvalue weighted by molar-refractivity contribution is 0.0929. The molecule has 1 aliphatic rings. The van der Waals surface area contributed by atoms with E-state index in [1.807, 2.05) is 36.4 Å². The molecule has 1 aliphatic carbocycles. The molecule has 0 fully saturated rings. The molecule has 0 aliphatic heterocycles. The molecule has 46 heavy (non-hydrogen) atoms. The third kappa shape index (κ3) is 5.06. The van der Waals surface area contributed by atoms with Gasteiger partial charge in [0.1, 0.15) is 22.8 Å². The van der Waals surface area contributed by atoms with Crippen molar-refractivity contribution in [3.05, 3.63) is 109 Å². The summed E-state index contributed by atoms with van der Waals surface area (Å²) in [6, 6.07) is 14.0. The lowest BCUT2D eigenvalue weighted by Crippen LogP contribution is -2.36. The molecule has 0 saturated carbocycles. The number of hydrogen-bond donors (Lipinski definition) is 6. The van der Waals surface area contributed by atoms with Crippen molar-refractivity contribution in [2.45, 2.75) is 32.0 Å². The highest BCUT2D eigenvalue weighted by molar-refractivity contribution is 5.98. The number of imidazole rings is 1. The number of aryl methyl sites for hydroxylation is 1. The summed E-state index contributed by atoms with van der Waals surface area (Å²) in [6.07, 6.45) is 2.53. The molecule has 0 bridgehead atoms. The van der Waals surface area contributed by atoms with Crippen molar-refractivity contribution in [1.29, 1.82) is 0 Å². The van der Waals surface area contributed by atoms with Crippen LogP contribution in [0.1, 0.15) is 55.7 Å². The molecule has 1 atom stereocenters. The van der Waals surface area contributed by atoms with Crippen molar-refractivity contribution in [3.63, 3.8) is 0 Å². The minimum Gasteiger partial charge on any atom is -0.493 e. The summed E-state index contributed by atoms with van der Waals surface area (Å²) >= 11 is 0. The van der Waals surface area contributed by atoms with Gasteiger partial charge in [-0.15, -0.1) is 10.2 Å². The van der Waals surface area contributed by atoms with Gasteiger partial charge in [-0.3, -0.25) is 19.2 Å². The van der Waals surface area contributed by atoms with Crippen LogP contribution in [0.25, 0.3) is 17.2 Å². The first kappa shape index (κ1) is 28.3. The summed E-state index contributed by atoms with van der Waals surface area (Å²) in [5.41, 5.74) is 8.53. The van der Waals surface area contributed by atoms with Crippen LogP contribution in [-0.4, -0.2) is 51.9 Å². The Kier molecular flexibility index (Phi) is 6.92. The van der Waals surface area contributed by atoms with Gasteiger partial charge in [0.15, 0.2) is 0 Å². The SMILES string of the molecule is Nc1c(NCc2cccc(CNC(=O)c3cc(C(=O)N[C@H]4CCc5cc(-c6nn[nH]n6)ccc54)n4c(O)cnc4n3)c2)c(=O)c1=O. The van der Waals surface area contributed by atoms with Gasteiger partial charge in [0, 0.05) is 18.7 Å². The normalized spacial score (nSPS) is 14.0. The number of nitrogens with zero attached hydrogens (tertiary/aromatic N) is 6. The van der Waals surface area contributed by atoms with Crippen LogP contribution in [-0.2, 0) is 19.5 Å². The lowest BCUT2D eigenvalue weighted by Gasteiger charge is -2.16. The predicted octanol–water partition coefficient (Wildman–Crippen LogP) is 0.753. The standard InChI is InChI=1S/C30H25N11O5/c31-23-24(26(44)25(23)43)32-11-14-2-1-3-15(8-14)12-33-28(45)20-10-21(41-22(42)13-34-30(41)36-20)29(46)35-19-7-5-16-9-17(4-6-18(16)19)27-37-39-40-38-27/h1-4,6,8-10,13,19,32,42H,5,7,11-12,31H2,(H,33,45)(H,35,46)(H,37,38,39,40)/t19-/m0/s1. The number of benzene rings is 2. The summed E-state index contributed by atoms with van der Waals surface area (Å²) in [5.74, 6) is -0.911. The number of anilines is 2. The Bertz CT molecular complexity index is 2220. The second-order valence-corrected chi connectivity index (χ2v) is 10.8. The number of carbonyl (C=O) groups is 2. The maximum Gasteiger partial charge on any atom is 0.270 e. The van der Waals surface area contributed by atoms with E-state index in [9.17, 15) is 24.3 Å². The largest absolute Gasteiger partial charge is 0.493 e. The average Bonchev–Trinajstić information content (AvgIpc) is 3.84. The van der Waals surface area contributed by atoms with Crippen LogP contribution in [0.3, 0.4) is 0 Å². The monoisotopic (exact) mass is 619 g/mol. The molecule has 7 rings (SSSR count). The first-order chi connectivity index (χ1) is 22.3. The minimum absolute atomic E-state index is 0.00677. The number of aromatic nitrogens is 7. The number of nitrogens with two attached hydrogens (primary N) is 1. The number of rotatable bonds is 9. The summed E-state index contributed by atoms with van der Waals surface area (Å²) in [5, 5.41) is 33.2. The summed E-state index contributed by atoms with van der Waals surface area (Å²) in [6.45, 7) is 0.385. The molecule has 16 nitrogen and oxygen atoms in total. The zero-order chi connectivity index (χ0) is 31.9. The van der Waals surface area contributed by atoms with Crippen molar-refractivity contribution >= 4 is 29.0 Å². The number of tetrazole rings is 1. The van der Waals surface area contributed by atoms with Crippen molar-refractivity contribution in [1.82, 2.24) is 45.6 Å². The van der Waals surface area contributed by atoms with E-state index >= 15 is 0 Å². The number of nitrogen functional groups attached to an aromatic ring is 1. The Morgan fingerprint density at radius 1 is 1.04 bits per heavy atom. The van der Waals surface area contributed by atoms with E-state index in [0.717, 1.165) is 40.4 Å². The molecule has 16 heteroatoms. The van der Waals surface area contributed by atoms with Crippen LogP contribution >= 0.6 is 0 Å². The van der Waals surface area contributed by atoms with E-state index in [0.29, 0.717) is 12.2 Å². The minimum atomic E-state index is -0.697. The molecular formula is C30H25N11O5. The summed E-state index contributed by atoms with van der Waals surface area (Å²) < 4.78 is 1.18. The zero-order valence-corrected chi connectivity index (χ0v) is 23.9. The molecular weight excluding hydrogens is 594 g/mol. The summed E-state index contributed by atoms with van der Waals surface area (Å²) in [7, 11) is 0. The molecule has 7 N–H and O–H groups in total. The fourth-order valence-electron chi connectivity index (χ4n) is 5.58. The molecule has 3 aromatic heterocycles. The van der Waals surface area contributed by atoms with Gasteiger partial charge >= 0.3 is 0 Å². The van der Waals surface area contributed by atoms with Gasteiger partial charge < -0.3 is 26.8 Å². The third-order valence-electron chi connectivity index (χ3n) is 7.92. The Morgan fingerprint density at radius 2 is 1.87 bits per heavy atom. The van der Waals surface area contributed by atoms with E-state index in [2.05, 4.69) is 46.5 Å². The molecule has 230 valence electrons. The predicted molar refractivity (Wildman–Crippen MR) is 163 cm³/mol. The average molecular weight is 620 g/mol. The van der Waals surface area contributed by atoms with E-state index in [4.69, 9.17) is 5.73 Å². The highest BCUT2D eigenvalue weighted by Crippen LogP contribution is 2.34. The number of H-pyrrole nitrogens is 1. The van der Waals surface area contributed by atoms with Gasteiger partial charge in [-0.1, -0.05) is 36.4 Å². The van der Waals surface area contributed by atoms with Gasteiger partial charge in [0.25, 0.3) is 22.7 Å². The third-order valence-corrected chi connectivity index (χ3v) is 7.92. The number of amides is 2. The van der Waals surface area contributed by atoms with Crippen LogP contribution in [0, 0.1) is 0 Å². The van der Waals surface area contributed by atoms with Crippen LogP contribution in [0.15, 0.2) is 64.3 Å². The van der Waals surface area contributed by atoms with Crippen molar-refractivity contribution in [3.8, 4) is 17.3 Å². The quantitative estimate of drug-likeness (QED) is 0.123. The van der Waals surface area contributed by atoms with Gasteiger partial charge in [-0.2, -0.15) is 5.21 Å². The van der Waals surface area contributed by atoms with E-state index in [1.165, 1.54) is 10.5 Å². The summed E-state index contributed by atoms with van der Waals surface area (Å²) in [4.78, 5) is 58.1. The van der Waals surface area contributed by atoms with Crippen LogP contribution in [0.2, 0.25) is 0 Å². The van der Waals surface area contributed by atoms with Crippen LogP contribution in [0.5, 0.6) is 5.88 Å². The van der Waals surface area contributed by atoms with Crippen LogP contribution in [0.4, 0.5) is 11.4 Å². The topological polar surface area (TPSA) is 235 Å². The van der Waals surface area contributed by atoms with Gasteiger partial charge in [0.2, 0.25) is 17.5 Å². The fourth-order valence-corrected chi connectivity index (χ4v) is 5.58. The number of nitrogens with one attached hydrogen (secondary N) is 4. The Balaban J connectivity index is 1.06. The number of aromatic hydroxyl groups is 1. The molecule has 2 amide bonds.